The van der Waals surface area contributed by atoms with E-state index in [9.17, 15) is 28.8 Å². The van der Waals surface area contributed by atoms with Crippen molar-refractivity contribution in [3.8, 4) is 0 Å². The number of nitrogens with one attached hydrogen (secondary N) is 2. The topological polar surface area (TPSA) is 203 Å². The van der Waals surface area contributed by atoms with Crippen molar-refractivity contribution in [3.63, 3.8) is 0 Å². The molecule has 2 spiro atoms. The maximum Gasteiger partial charge on any atom is 0.242 e. The van der Waals surface area contributed by atoms with Crippen LogP contribution >= 0.6 is 0 Å². The smallest absolute Gasteiger partial charge is 0.242 e. The minimum atomic E-state index is -1.52. The normalized spacial score (nSPS) is 30.8. The standard InChI is InChI=1S/C22H24FN3O5.C21H22FN3O5/c1-4-12-9-26-18-11(6-13-10(3)25-31-19(13)17(18)23)8-22(20(26)14(5-2)30-12)15(27)7-16(28)24-21(22)29;1-4-13-19-21(14(26)6-15(27)23-20(21)28)7-11-5-12-10(3)24-30-18(12)16(22)17(11)25(19)8-9(2)29-13/h6,12,14,20H,4-5,7-9H2,1-3H3,(H,24,28,29);5,9,13,19H,4,6-8H2,1-3H3,(H,23,27,28)/t12-,14+,20-,22?;9-,13+,19-,21?/m11/s1. The highest BCUT2D eigenvalue weighted by atomic mass is 19.1. The molecule has 6 aliphatic rings. The van der Waals surface area contributed by atoms with E-state index in [2.05, 4.69) is 20.9 Å². The largest absolute Gasteiger partial charge is 0.371 e. The molecule has 6 aliphatic heterocycles. The number of carbonyl (C=O) groups excluding carboxylic acids is 6. The van der Waals surface area contributed by atoms with Gasteiger partial charge in [0, 0.05) is 23.9 Å². The van der Waals surface area contributed by atoms with E-state index in [-0.39, 0.29) is 49.1 Å². The van der Waals surface area contributed by atoms with Gasteiger partial charge in [0.1, 0.15) is 10.8 Å². The van der Waals surface area contributed by atoms with Crippen LogP contribution in [0.25, 0.3) is 21.9 Å². The fourth-order valence-corrected chi connectivity index (χ4v) is 10.9. The van der Waals surface area contributed by atoms with Gasteiger partial charge in [-0.25, -0.2) is 8.78 Å². The third-order valence-corrected chi connectivity index (χ3v) is 13.6. The van der Waals surface area contributed by atoms with Crippen LogP contribution in [0, 0.1) is 36.3 Å². The molecule has 2 unspecified atom stereocenters. The van der Waals surface area contributed by atoms with Crippen molar-refractivity contribution in [2.24, 2.45) is 10.8 Å². The van der Waals surface area contributed by atoms with Crippen LogP contribution in [0.2, 0.25) is 0 Å². The highest BCUT2D eigenvalue weighted by molar-refractivity contribution is 6.23. The number of ether oxygens (including phenoxy) is 2. The molecule has 4 saturated heterocycles. The zero-order valence-corrected chi connectivity index (χ0v) is 34.6. The van der Waals surface area contributed by atoms with Gasteiger partial charge in [0.2, 0.25) is 34.8 Å². The molecule has 2 aromatic carbocycles. The highest BCUT2D eigenvalue weighted by Gasteiger charge is 2.65. The first-order valence-electron chi connectivity index (χ1n) is 20.8. The molecule has 4 aromatic rings. The monoisotopic (exact) mass is 844 g/mol. The number of morpholine rings is 2. The Labute approximate surface area is 347 Å². The highest BCUT2D eigenvalue weighted by Crippen LogP contribution is 2.52. The minimum absolute atomic E-state index is 0.00439. The van der Waals surface area contributed by atoms with E-state index >= 15 is 8.78 Å². The average Bonchev–Trinajstić information content (AvgIpc) is 3.79. The molecule has 0 aliphatic carbocycles. The summed E-state index contributed by atoms with van der Waals surface area (Å²) in [5.41, 5.74) is -0.144. The number of hydrogen-bond donors (Lipinski definition) is 2. The lowest BCUT2D eigenvalue weighted by atomic mass is 9.63. The summed E-state index contributed by atoms with van der Waals surface area (Å²) in [6.07, 6.45) is -0.364. The molecule has 0 radical (unpaired) electrons. The summed E-state index contributed by atoms with van der Waals surface area (Å²) in [7, 11) is 0. The van der Waals surface area contributed by atoms with E-state index < -0.39 is 82.0 Å². The van der Waals surface area contributed by atoms with Crippen molar-refractivity contribution >= 4 is 68.5 Å². The molecule has 8 atom stereocenters. The van der Waals surface area contributed by atoms with E-state index in [0.717, 1.165) is 0 Å². The number of carbonyl (C=O) groups is 6. The average molecular weight is 845 g/mol. The number of anilines is 2. The van der Waals surface area contributed by atoms with Gasteiger partial charge in [-0.05, 0) is 76.1 Å². The summed E-state index contributed by atoms with van der Waals surface area (Å²) in [5, 5.41) is 13.5. The van der Waals surface area contributed by atoms with Gasteiger partial charge in [0.25, 0.3) is 0 Å². The molecule has 2 N–H and O–H groups in total. The van der Waals surface area contributed by atoms with E-state index in [0.29, 0.717) is 77.0 Å². The Balaban J connectivity index is 0.000000156. The predicted octanol–water partition coefficient (Wildman–Crippen LogP) is 4.00. The fourth-order valence-electron chi connectivity index (χ4n) is 10.9. The number of aryl methyl sites for hydroxylation is 2. The van der Waals surface area contributed by atoms with Gasteiger partial charge in [-0.2, -0.15) is 0 Å². The number of nitrogens with zero attached hydrogens (tertiary/aromatic N) is 4. The molecule has 61 heavy (non-hydrogen) atoms. The van der Waals surface area contributed by atoms with Crippen LogP contribution in [0.1, 0.15) is 82.3 Å². The second-order valence-corrected chi connectivity index (χ2v) is 17.1. The van der Waals surface area contributed by atoms with Crippen molar-refractivity contribution < 1.29 is 56.1 Å². The van der Waals surface area contributed by atoms with Crippen molar-refractivity contribution in [2.45, 2.75) is 123 Å². The summed E-state index contributed by atoms with van der Waals surface area (Å²) < 4.78 is 54.2. The first kappa shape index (κ1) is 40.8. The zero-order valence-electron chi connectivity index (χ0n) is 34.6. The quantitative estimate of drug-likeness (QED) is 0.221. The lowest BCUT2D eigenvalue weighted by Gasteiger charge is -2.56. The Kier molecular flexibility index (Phi) is 9.69. The third-order valence-electron chi connectivity index (χ3n) is 13.6. The van der Waals surface area contributed by atoms with Crippen LogP contribution in [0.3, 0.4) is 0 Å². The summed E-state index contributed by atoms with van der Waals surface area (Å²) in [5.74, 6) is -4.46. The molecular formula is C43H46F2N6O10. The molecule has 10 rings (SSSR count). The van der Waals surface area contributed by atoms with Crippen LogP contribution in [0.15, 0.2) is 21.2 Å². The van der Waals surface area contributed by atoms with Crippen LogP contribution < -0.4 is 20.4 Å². The van der Waals surface area contributed by atoms with Crippen LogP contribution in [-0.4, -0.2) is 95.1 Å². The lowest BCUT2D eigenvalue weighted by molar-refractivity contribution is -0.161. The number of Topliss-reactive ketones (excluding diaryl/α,β-unsaturated/α-hetero) is 2. The van der Waals surface area contributed by atoms with Crippen molar-refractivity contribution in [2.75, 3.05) is 22.9 Å². The number of fused-ring (bicyclic) bond motifs is 10. The number of piperidine rings is 2. The number of rotatable bonds is 3. The van der Waals surface area contributed by atoms with Gasteiger partial charge < -0.3 is 28.3 Å². The SMILES string of the molecule is CC[C@@H]1CN2c3c(cc4c(C)noc4c3F)CC3(C(=O)CC(=O)NC3=O)[C@H]2[C@H](CC)O1.CC[C@@H]1O[C@H](C)CN2c3c(cc4c(C)noc4c3F)CC3(C(=O)CC(=O)NC3=O)[C@@H]12. The van der Waals surface area contributed by atoms with Gasteiger partial charge in [-0.1, -0.05) is 31.1 Å². The number of amides is 4. The van der Waals surface area contributed by atoms with E-state index in [1.54, 1.807) is 30.9 Å². The summed E-state index contributed by atoms with van der Waals surface area (Å²) >= 11 is 0. The Hall–Kier alpha value is -5.62. The Bertz CT molecular complexity index is 2550. The Morgan fingerprint density at radius 2 is 1.13 bits per heavy atom. The van der Waals surface area contributed by atoms with Gasteiger partial charge in [0.05, 0.1) is 72.1 Å². The summed E-state index contributed by atoms with van der Waals surface area (Å²) in [6.45, 7) is 11.7. The molecule has 4 amide bonds. The minimum Gasteiger partial charge on any atom is -0.371 e. The number of imide groups is 2. The number of benzene rings is 2. The first-order chi connectivity index (χ1) is 29.1. The van der Waals surface area contributed by atoms with Gasteiger partial charge in [-0.15, -0.1) is 0 Å². The van der Waals surface area contributed by atoms with Gasteiger partial charge >= 0.3 is 0 Å². The second-order valence-electron chi connectivity index (χ2n) is 17.1. The molecule has 18 heteroatoms. The fraction of sp³-hybridized carbons (Fsp3) is 0.535. The maximum atomic E-state index is 15.8. The van der Waals surface area contributed by atoms with Gasteiger partial charge in [-0.3, -0.25) is 39.4 Å². The second kappa shape index (κ2) is 14.5. The Morgan fingerprint density at radius 1 is 0.689 bits per heavy atom. The summed E-state index contributed by atoms with van der Waals surface area (Å²) in [4.78, 5) is 80.5. The Morgan fingerprint density at radius 3 is 1.56 bits per heavy atom. The summed E-state index contributed by atoms with van der Waals surface area (Å²) in [6, 6.07) is 2.06. The number of hydrogen-bond acceptors (Lipinski definition) is 14. The zero-order chi connectivity index (χ0) is 43.4. The van der Waals surface area contributed by atoms with E-state index in [1.807, 2.05) is 32.6 Å². The first-order valence-corrected chi connectivity index (χ1v) is 20.8. The molecule has 8 heterocycles. The number of halogens is 2. The lowest BCUT2D eigenvalue weighted by Crippen LogP contribution is -2.72. The molecule has 16 nitrogen and oxygen atoms in total. The third kappa shape index (κ3) is 5.80. The molecule has 2 aromatic heterocycles. The molecule has 0 saturated carbocycles. The van der Waals surface area contributed by atoms with Crippen molar-refractivity contribution in [1.82, 2.24) is 20.9 Å². The molecule has 322 valence electrons. The van der Waals surface area contributed by atoms with E-state index in [1.165, 1.54) is 0 Å². The number of aromatic nitrogens is 2. The molecule has 0 bridgehead atoms. The van der Waals surface area contributed by atoms with Gasteiger partial charge in [0.15, 0.2) is 23.2 Å². The van der Waals surface area contributed by atoms with Crippen LogP contribution in [0.4, 0.5) is 20.2 Å². The number of ketones is 2. The van der Waals surface area contributed by atoms with Crippen molar-refractivity contribution in [3.05, 3.63) is 46.3 Å². The predicted molar refractivity (Wildman–Crippen MR) is 211 cm³/mol. The maximum absolute atomic E-state index is 15.8. The van der Waals surface area contributed by atoms with Crippen LogP contribution in [0.5, 0.6) is 0 Å². The molecule has 4 fully saturated rings. The van der Waals surface area contributed by atoms with Crippen LogP contribution in [-0.2, 0) is 51.1 Å². The molecular weight excluding hydrogens is 799 g/mol. The van der Waals surface area contributed by atoms with E-state index in [4.69, 9.17) is 18.5 Å². The van der Waals surface area contributed by atoms with Crippen molar-refractivity contribution in [1.29, 1.82) is 0 Å².